The molecule has 84 valence electrons. The summed E-state index contributed by atoms with van der Waals surface area (Å²) >= 11 is 0. The van der Waals surface area contributed by atoms with Crippen LogP contribution in [0.15, 0.2) is 12.1 Å². The predicted octanol–water partition coefficient (Wildman–Crippen LogP) is 1.71. The number of benzene rings is 1. The van der Waals surface area contributed by atoms with Crippen LogP contribution in [0.1, 0.15) is 11.1 Å². The lowest BCUT2D eigenvalue weighted by Gasteiger charge is -2.12. The van der Waals surface area contributed by atoms with Crippen LogP contribution in [-0.4, -0.2) is 25.9 Å². The van der Waals surface area contributed by atoms with Gasteiger partial charge in [-0.15, -0.1) is 0 Å². The van der Waals surface area contributed by atoms with Crippen molar-refractivity contribution in [1.29, 1.82) is 0 Å². The number of hydrogen-bond donors (Lipinski definition) is 1. The summed E-state index contributed by atoms with van der Waals surface area (Å²) < 4.78 is 22.8. The van der Waals surface area contributed by atoms with Gasteiger partial charge in [-0.2, -0.15) is 0 Å². The Morgan fingerprint density at radius 3 is 2.20 bits per heavy atom. The molecule has 0 unspecified atom stereocenters. The smallest absolute Gasteiger partial charge is 0.128 e. The number of hydrogen-bond acceptors (Lipinski definition) is 3. The molecule has 0 aliphatic carbocycles. The van der Waals surface area contributed by atoms with E-state index in [9.17, 15) is 4.39 Å². The van der Waals surface area contributed by atoms with E-state index in [1.54, 1.807) is 12.1 Å². The topological polar surface area (TPSA) is 38.7 Å². The molecule has 1 N–H and O–H groups in total. The molecule has 3 nitrogen and oxygen atoms in total. The number of rotatable bonds is 5. The molecule has 0 atom stereocenters. The van der Waals surface area contributed by atoms with E-state index >= 15 is 0 Å². The van der Waals surface area contributed by atoms with E-state index in [0.29, 0.717) is 23.5 Å². The second-order valence-corrected chi connectivity index (χ2v) is 3.08. The van der Waals surface area contributed by atoms with Gasteiger partial charge in [-0.1, -0.05) is 0 Å². The molecule has 0 bridgehead atoms. The van der Waals surface area contributed by atoms with Gasteiger partial charge in [0, 0.05) is 18.2 Å². The lowest BCUT2D eigenvalue weighted by Crippen LogP contribution is -1.99. The van der Waals surface area contributed by atoms with Crippen LogP contribution < -0.4 is 9.47 Å². The summed E-state index contributed by atoms with van der Waals surface area (Å²) in [4.78, 5) is 0. The molecule has 0 aliphatic rings. The van der Waals surface area contributed by atoms with Crippen molar-refractivity contribution < 1.29 is 19.0 Å². The molecule has 0 heterocycles. The van der Waals surface area contributed by atoms with Gasteiger partial charge in [0.2, 0.25) is 0 Å². The van der Waals surface area contributed by atoms with Gasteiger partial charge in [0.15, 0.2) is 0 Å². The van der Waals surface area contributed by atoms with Gasteiger partial charge in [0.05, 0.1) is 14.2 Å². The van der Waals surface area contributed by atoms with E-state index in [4.69, 9.17) is 14.6 Å². The van der Waals surface area contributed by atoms with Crippen molar-refractivity contribution in [2.75, 3.05) is 20.8 Å². The monoisotopic (exact) mass is 214 g/mol. The van der Waals surface area contributed by atoms with E-state index in [-0.39, 0.29) is 6.61 Å². The van der Waals surface area contributed by atoms with Crippen molar-refractivity contribution in [2.24, 2.45) is 0 Å². The van der Waals surface area contributed by atoms with Gasteiger partial charge in [0.1, 0.15) is 18.2 Å². The van der Waals surface area contributed by atoms with Crippen molar-refractivity contribution in [3.63, 3.8) is 0 Å². The van der Waals surface area contributed by atoms with Crippen molar-refractivity contribution in [2.45, 2.75) is 13.1 Å². The number of methoxy groups -OCH3 is 2. The van der Waals surface area contributed by atoms with E-state index in [0.717, 1.165) is 5.56 Å². The van der Waals surface area contributed by atoms with Gasteiger partial charge >= 0.3 is 0 Å². The van der Waals surface area contributed by atoms with Gasteiger partial charge < -0.3 is 14.6 Å². The SMILES string of the molecule is COc1cc(OC)c(CCO)cc1CF. The van der Waals surface area contributed by atoms with E-state index in [2.05, 4.69) is 0 Å². The normalized spacial score (nSPS) is 10.1. The van der Waals surface area contributed by atoms with Crippen molar-refractivity contribution in [1.82, 2.24) is 0 Å². The molecule has 4 heteroatoms. The molecular formula is C11H15FO3. The predicted molar refractivity (Wildman–Crippen MR) is 55.1 cm³/mol. The number of halogens is 1. The third-order valence-electron chi connectivity index (χ3n) is 2.21. The molecule has 1 aromatic carbocycles. The van der Waals surface area contributed by atoms with Crippen molar-refractivity contribution >= 4 is 0 Å². The zero-order chi connectivity index (χ0) is 11.3. The molecule has 0 spiro atoms. The zero-order valence-corrected chi connectivity index (χ0v) is 8.92. The maximum absolute atomic E-state index is 12.6. The highest BCUT2D eigenvalue weighted by Crippen LogP contribution is 2.29. The highest BCUT2D eigenvalue weighted by molar-refractivity contribution is 5.46. The Morgan fingerprint density at radius 1 is 1.13 bits per heavy atom. The Bertz CT molecular complexity index is 326. The standard InChI is InChI=1S/C11H15FO3/c1-14-10-6-11(15-2)9(7-12)5-8(10)3-4-13/h5-6,13H,3-4,7H2,1-2H3. The summed E-state index contributed by atoms with van der Waals surface area (Å²) in [5.41, 5.74) is 1.26. The van der Waals surface area contributed by atoms with E-state index in [1.165, 1.54) is 14.2 Å². The number of aliphatic hydroxyl groups is 1. The lowest BCUT2D eigenvalue weighted by molar-refractivity contribution is 0.296. The third-order valence-corrected chi connectivity index (χ3v) is 2.21. The van der Waals surface area contributed by atoms with Crippen LogP contribution in [-0.2, 0) is 13.1 Å². The summed E-state index contributed by atoms with van der Waals surface area (Å²) in [6.45, 7) is -0.583. The van der Waals surface area contributed by atoms with Crippen LogP contribution in [0, 0.1) is 0 Å². The van der Waals surface area contributed by atoms with Crippen LogP contribution in [0.3, 0.4) is 0 Å². The average molecular weight is 214 g/mol. The highest BCUT2D eigenvalue weighted by atomic mass is 19.1. The summed E-state index contributed by atoms with van der Waals surface area (Å²) in [6, 6.07) is 3.30. The van der Waals surface area contributed by atoms with Crippen molar-refractivity contribution in [3.8, 4) is 11.5 Å². The fourth-order valence-corrected chi connectivity index (χ4v) is 1.46. The maximum atomic E-state index is 12.6. The van der Waals surface area contributed by atoms with Gasteiger partial charge in [-0.25, -0.2) is 4.39 Å². The van der Waals surface area contributed by atoms with Crippen LogP contribution in [0.25, 0.3) is 0 Å². The zero-order valence-electron chi connectivity index (χ0n) is 8.92. The second-order valence-electron chi connectivity index (χ2n) is 3.08. The van der Waals surface area contributed by atoms with E-state index in [1.807, 2.05) is 0 Å². The maximum Gasteiger partial charge on any atom is 0.128 e. The van der Waals surface area contributed by atoms with Crippen LogP contribution in [0.5, 0.6) is 11.5 Å². The molecule has 1 aromatic rings. The Morgan fingerprint density at radius 2 is 1.73 bits per heavy atom. The molecular weight excluding hydrogens is 199 g/mol. The third kappa shape index (κ3) is 2.59. The molecule has 0 fully saturated rings. The van der Waals surface area contributed by atoms with Crippen LogP contribution >= 0.6 is 0 Å². The molecule has 0 saturated carbocycles. The first-order valence-electron chi connectivity index (χ1n) is 4.67. The Kier molecular flexibility index (Phi) is 4.37. The number of aliphatic hydroxyl groups excluding tert-OH is 1. The average Bonchev–Trinajstić information content (AvgIpc) is 2.28. The van der Waals surface area contributed by atoms with Gasteiger partial charge in [-0.3, -0.25) is 0 Å². The molecule has 0 saturated heterocycles. The first-order chi connectivity index (χ1) is 7.26. The first kappa shape index (κ1) is 11.8. The van der Waals surface area contributed by atoms with Crippen molar-refractivity contribution in [3.05, 3.63) is 23.3 Å². The number of ether oxygens (including phenoxy) is 2. The molecule has 0 radical (unpaired) electrons. The minimum absolute atomic E-state index is 0.00835. The second kappa shape index (κ2) is 5.56. The Hall–Kier alpha value is -1.29. The highest BCUT2D eigenvalue weighted by Gasteiger charge is 2.10. The molecule has 0 amide bonds. The van der Waals surface area contributed by atoms with Gasteiger partial charge in [-0.05, 0) is 18.1 Å². The molecule has 0 aromatic heterocycles. The van der Waals surface area contributed by atoms with Crippen LogP contribution in [0.2, 0.25) is 0 Å². The molecule has 1 rings (SSSR count). The van der Waals surface area contributed by atoms with Gasteiger partial charge in [0.25, 0.3) is 0 Å². The fourth-order valence-electron chi connectivity index (χ4n) is 1.46. The first-order valence-corrected chi connectivity index (χ1v) is 4.67. The largest absolute Gasteiger partial charge is 0.496 e. The molecule has 0 aliphatic heterocycles. The minimum Gasteiger partial charge on any atom is -0.496 e. The fraction of sp³-hybridized carbons (Fsp3) is 0.455. The summed E-state index contributed by atoms with van der Waals surface area (Å²) in [5.74, 6) is 1.08. The van der Waals surface area contributed by atoms with Crippen LogP contribution in [0.4, 0.5) is 4.39 Å². The summed E-state index contributed by atoms with van der Waals surface area (Å²) in [6.07, 6.45) is 0.445. The minimum atomic E-state index is -0.592. The summed E-state index contributed by atoms with van der Waals surface area (Å²) in [7, 11) is 3.02. The Labute approximate surface area is 88.4 Å². The number of alkyl halides is 1. The Balaban J connectivity index is 3.15. The molecule has 15 heavy (non-hydrogen) atoms. The quantitative estimate of drug-likeness (QED) is 0.811. The summed E-state index contributed by atoms with van der Waals surface area (Å²) in [5, 5.41) is 8.85. The van der Waals surface area contributed by atoms with E-state index < -0.39 is 6.67 Å². The lowest BCUT2D eigenvalue weighted by atomic mass is 10.1.